The second-order valence-corrected chi connectivity index (χ2v) is 6.47. The fourth-order valence-corrected chi connectivity index (χ4v) is 3.37. The van der Waals surface area contributed by atoms with Crippen LogP contribution in [0.15, 0.2) is 29.3 Å². The minimum absolute atomic E-state index is 0.0497. The van der Waals surface area contributed by atoms with Gasteiger partial charge in [-0.25, -0.2) is 8.42 Å². The summed E-state index contributed by atoms with van der Waals surface area (Å²) in [6.07, 6.45) is 2.43. The van der Waals surface area contributed by atoms with Gasteiger partial charge in [-0.05, 0) is 18.9 Å². The maximum atomic E-state index is 11.2. The van der Waals surface area contributed by atoms with Crippen LogP contribution in [-0.4, -0.2) is 32.2 Å². The highest BCUT2D eigenvalue weighted by Gasteiger charge is 2.26. The lowest BCUT2D eigenvalue weighted by Crippen LogP contribution is -2.07. The molecule has 0 aliphatic carbocycles. The Hall–Kier alpha value is -1.16. The molecule has 0 aromatic heterocycles. The Balaban J connectivity index is 2.03. The number of hydrogen-bond donors (Lipinski definition) is 0. The van der Waals surface area contributed by atoms with Crippen LogP contribution in [0.1, 0.15) is 17.5 Å². The molecule has 1 atom stereocenters. The number of rotatable bonds is 2. The average Bonchev–Trinajstić information content (AvgIpc) is 2.58. The third kappa shape index (κ3) is 2.92. The van der Waals surface area contributed by atoms with Gasteiger partial charge in [0.05, 0.1) is 17.5 Å². The van der Waals surface area contributed by atoms with E-state index in [0.29, 0.717) is 6.42 Å². The van der Waals surface area contributed by atoms with Crippen LogP contribution < -0.4 is 0 Å². The van der Waals surface area contributed by atoms with Crippen LogP contribution >= 0.6 is 0 Å². The SMILES string of the molecule is Cc1ccc(C=N[C@@H]2CCS(=O)(=O)C2)cc1. The number of aryl methyl sites for hydroxylation is 1. The molecule has 2 rings (SSSR count). The summed E-state index contributed by atoms with van der Waals surface area (Å²) in [5.74, 6) is 0.484. The summed E-state index contributed by atoms with van der Waals surface area (Å²) in [4.78, 5) is 4.31. The Morgan fingerprint density at radius 2 is 2.00 bits per heavy atom. The van der Waals surface area contributed by atoms with Crippen LogP contribution in [0, 0.1) is 6.92 Å². The maximum absolute atomic E-state index is 11.2. The van der Waals surface area contributed by atoms with Crippen molar-refractivity contribution < 1.29 is 8.42 Å². The first-order valence-corrected chi connectivity index (χ1v) is 7.17. The zero-order valence-corrected chi connectivity index (χ0v) is 10.1. The van der Waals surface area contributed by atoms with E-state index in [9.17, 15) is 8.42 Å². The van der Waals surface area contributed by atoms with Crippen LogP contribution in [-0.2, 0) is 9.84 Å². The van der Waals surface area contributed by atoms with Crippen molar-refractivity contribution in [2.45, 2.75) is 19.4 Å². The number of sulfone groups is 1. The van der Waals surface area contributed by atoms with Crippen molar-refractivity contribution in [3.63, 3.8) is 0 Å². The molecule has 0 N–H and O–H groups in total. The van der Waals surface area contributed by atoms with Gasteiger partial charge >= 0.3 is 0 Å². The van der Waals surface area contributed by atoms with Crippen molar-refractivity contribution in [1.82, 2.24) is 0 Å². The number of aliphatic imine (C=N–C) groups is 1. The van der Waals surface area contributed by atoms with Crippen molar-refractivity contribution in [2.75, 3.05) is 11.5 Å². The fraction of sp³-hybridized carbons (Fsp3) is 0.417. The van der Waals surface area contributed by atoms with Crippen LogP contribution in [0.2, 0.25) is 0 Å². The van der Waals surface area contributed by atoms with E-state index in [1.54, 1.807) is 6.21 Å². The first-order chi connectivity index (χ1) is 7.55. The zero-order chi connectivity index (χ0) is 11.6. The minimum Gasteiger partial charge on any atom is -0.288 e. The summed E-state index contributed by atoms with van der Waals surface area (Å²) in [5, 5.41) is 0. The van der Waals surface area contributed by atoms with Crippen molar-refractivity contribution >= 4 is 16.1 Å². The molecular formula is C12H15NO2S. The molecule has 1 saturated heterocycles. The smallest absolute Gasteiger partial charge is 0.152 e. The first kappa shape index (κ1) is 11.3. The van der Waals surface area contributed by atoms with E-state index in [2.05, 4.69) is 4.99 Å². The van der Waals surface area contributed by atoms with E-state index >= 15 is 0 Å². The third-order valence-electron chi connectivity index (χ3n) is 2.72. The van der Waals surface area contributed by atoms with Gasteiger partial charge in [0.2, 0.25) is 0 Å². The number of benzene rings is 1. The summed E-state index contributed by atoms with van der Waals surface area (Å²) >= 11 is 0. The van der Waals surface area contributed by atoms with Gasteiger partial charge in [-0.3, -0.25) is 4.99 Å². The normalized spacial score (nSPS) is 23.9. The molecule has 0 amide bonds. The molecule has 0 bridgehead atoms. The molecule has 1 heterocycles. The minimum atomic E-state index is -2.82. The maximum Gasteiger partial charge on any atom is 0.152 e. The summed E-state index contributed by atoms with van der Waals surface area (Å²) < 4.78 is 22.4. The van der Waals surface area contributed by atoms with Crippen LogP contribution in [0.3, 0.4) is 0 Å². The summed E-state index contributed by atoms with van der Waals surface area (Å²) in [6.45, 7) is 2.03. The summed E-state index contributed by atoms with van der Waals surface area (Å²) in [6, 6.07) is 7.97. The molecule has 3 nitrogen and oxygen atoms in total. The second kappa shape index (κ2) is 4.37. The highest BCUT2D eigenvalue weighted by molar-refractivity contribution is 7.91. The molecular weight excluding hydrogens is 222 g/mol. The zero-order valence-electron chi connectivity index (χ0n) is 9.26. The lowest BCUT2D eigenvalue weighted by molar-refractivity contribution is 0.601. The van der Waals surface area contributed by atoms with E-state index in [-0.39, 0.29) is 17.5 Å². The van der Waals surface area contributed by atoms with Crippen LogP contribution in [0.25, 0.3) is 0 Å². The number of nitrogens with zero attached hydrogens (tertiary/aromatic N) is 1. The highest BCUT2D eigenvalue weighted by atomic mass is 32.2. The van der Waals surface area contributed by atoms with Gasteiger partial charge in [0.25, 0.3) is 0 Å². The molecule has 1 aromatic rings. The molecule has 0 radical (unpaired) electrons. The Morgan fingerprint density at radius 1 is 1.31 bits per heavy atom. The van der Waals surface area contributed by atoms with Crippen molar-refractivity contribution in [3.05, 3.63) is 35.4 Å². The molecule has 86 valence electrons. The Kier molecular flexibility index (Phi) is 3.10. The molecule has 1 aliphatic rings. The predicted octanol–water partition coefficient (Wildman–Crippen LogP) is 1.60. The monoisotopic (exact) mass is 237 g/mol. The Labute approximate surface area is 96.1 Å². The average molecular weight is 237 g/mol. The number of hydrogen-bond acceptors (Lipinski definition) is 3. The van der Waals surface area contributed by atoms with Gasteiger partial charge < -0.3 is 0 Å². The van der Waals surface area contributed by atoms with E-state index in [1.807, 2.05) is 31.2 Å². The topological polar surface area (TPSA) is 46.5 Å². The van der Waals surface area contributed by atoms with E-state index < -0.39 is 9.84 Å². The quantitative estimate of drug-likeness (QED) is 0.733. The molecule has 0 unspecified atom stereocenters. The lowest BCUT2D eigenvalue weighted by atomic mass is 10.2. The molecule has 16 heavy (non-hydrogen) atoms. The van der Waals surface area contributed by atoms with Gasteiger partial charge in [-0.2, -0.15) is 0 Å². The Bertz CT molecular complexity index is 488. The van der Waals surface area contributed by atoms with Gasteiger partial charge in [-0.15, -0.1) is 0 Å². The first-order valence-electron chi connectivity index (χ1n) is 5.35. The highest BCUT2D eigenvalue weighted by Crippen LogP contribution is 2.14. The fourth-order valence-electron chi connectivity index (χ4n) is 1.74. The van der Waals surface area contributed by atoms with E-state index in [0.717, 1.165) is 5.56 Å². The lowest BCUT2D eigenvalue weighted by Gasteiger charge is -1.99. The van der Waals surface area contributed by atoms with Gasteiger partial charge in [0, 0.05) is 6.21 Å². The van der Waals surface area contributed by atoms with Crippen molar-refractivity contribution in [3.8, 4) is 0 Å². The largest absolute Gasteiger partial charge is 0.288 e. The molecule has 1 aromatic carbocycles. The van der Waals surface area contributed by atoms with E-state index in [1.165, 1.54) is 5.56 Å². The molecule has 0 saturated carbocycles. The predicted molar refractivity (Wildman–Crippen MR) is 65.8 cm³/mol. The van der Waals surface area contributed by atoms with Crippen LogP contribution in [0.5, 0.6) is 0 Å². The van der Waals surface area contributed by atoms with Gasteiger partial charge in [0.15, 0.2) is 9.84 Å². The summed E-state index contributed by atoms with van der Waals surface area (Å²) in [5.41, 5.74) is 2.23. The molecule has 1 fully saturated rings. The molecule has 1 aliphatic heterocycles. The van der Waals surface area contributed by atoms with Crippen molar-refractivity contribution in [2.24, 2.45) is 4.99 Å². The molecule has 4 heteroatoms. The summed E-state index contributed by atoms with van der Waals surface area (Å²) in [7, 11) is -2.82. The second-order valence-electron chi connectivity index (χ2n) is 4.25. The van der Waals surface area contributed by atoms with Gasteiger partial charge in [0.1, 0.15) is 0 Å². The van der Waals surface area contributed by atoms with E-state index in [4.69, 9.17) is 0 Å². The van der Waals surface area contributed by atoms with Gasteiger partial charge in [-0.1, -0.05) is 29.8 Å². The van der Waals surface area contributed by atoms with Crippen LogP contribution in [0.4, 0.5) is 0 Å². The molecule has 0 spiro atoms. The Morgan fingerprint density at radius 3 is 2.56 bits per heavy atom. The van der Waals surface area contributed by atoms with Crippen molar-refractivity contribution in [1.29, 1.82) is 0 Å². The third-order valence-corrected chi connectivity index (χ3v) is 4.47. The standard InChI is InChI=1S/C12H15NO2S/c1-10-2-4-11(5-3-10)8-13-12-6-7-16(14,15)9-12/h2-5,8,12H,6-7,9H2,1H3/t12-/m1/s1.